The van der Waals surface area contributed by atoms with E-state index < -0.39 is 0 Å². The molecule has 2 aromatic heterocycles. The van der Waals surface area contributed by atoms with Crippen LogP contribution in [0.1, 0.15) is 23.7 Å². The normalized spacial score (nSPS) is 12.3. The first kappa shape index (κ1) is 13.6. The molecule has 1 unspecified atom stereocenters. The number of aryl methyl sites for hydroxylation is 1. The number of pyridine rings is 2. The van der Waals surface area contributed by atoms with E-state index >= 15 is 0 Å². The van der Waals surface area contributed by atoms with Gasteiger partial charge in [-0.1, -0.05) is 0 Å². The van der Waals surface area contributed by atoms with Gasteiger partial charge in [0, 0.05) is 37.9 Å². The molecule has 2 N–H and O–H groups in total. The maximum atomic E-state index is 5.83. The highest BCUT2D eigenvalue weighted by Gasteiger charge is 2.09. The third kappa shape index (κ3) is 4.43. The standard InChI is InChI=1S/C15H19N3O/c16-12-15(14-5-9-18-10-6-14)19-11-1-2-13-3-7-17-8-4-13/h3-10,15H,1-2,11-12,16H2. The SMILES string of the molecule is NCC(OCCCc1ccncc1)c1ccncc1. The van der Waals surface area contributed by atoms with E-state index in [-0.39, 0.29) is 6.10 Å². The molecule has 2 aromatic rings. The molecule has 0 bridgehead atoms. The van der Waals surface area contributed by atoms with Gasteiger partial charge in [-0.25, -0.2) is 0 Å². The summed E-state index contributed by atoms with van der Waals surface area (Å²) in [5.41, 5.74) is 8.11. The van der Waals surface area contributed by atoms with Crippen molar-refractivity contribution in [1.29, 1.82) is 0 Å². The van der Waals surface area contributed by atoms with Gasteiger partial charge in [-0.05, 0) is 48.2 Å². The number of rotatable bonds is 7. The van der Waals surface area contributed by atoms with Crippen LogP contribution in [0.3, 0.4) is 0 Å². The molecular weight excluding hydrogens is 238 g/mol. The van der Waals surface area contributed by atoms with Crippen LogP contribution in [-0.4, -0.2) is 23.1 Å². The summed E-state index contributed by atoms with van der Waals surface area (Å²) in [6.45, 7) is 1.19. The second kappa shape index (κ2) is 7.61. The van der Waals surface area contributed by atoms with E-state index in [0.717, 1.165) is 18.4 Å². The molecule has 0 aliphatic heterocycles. The predicted octanol–water partition coefficient (Wildman–Crippen LogP) is 2.13. The van der Waals surface area contributed by atoms with Crippen molar-refractivity contribution < 1.29 is 4.74 Å². The predicted molar refractivity (Wildman–Crippen MR) is 74.5 cm³/mol. The first-order chi connectivity index (χ1) is 9.40. The number of aromatic nitrogens is 2. The zero-order valence-electron chi connectivity index (χ0n) is 10.9. The van der Waals surface area contributed by atoms with Gasteiger partial charge < -0.3 is 10.5 Å². The fourth-order valence-electron chi connectivity index (χ4n) is 1.93. The van der Waals surface area contributed by atoms with Gasteiger partial charge in [-0.2, -0.15) is 0 Å². The fourth-order valence-corrected chi connectivity index (χ4v) is 1.93. The highest BCUT2D eigenvalue weighted by atomic mass is 16.5. The number of hydrogen-bond donors (Lipinski definition) is 1. The molecule has 0 saturated carbocycles. The van der Waals surface area contributed by atoms with Crippen LogP contribution in [0, 0.1) is 0 Å². The Balaban J connectivity index is 1.75. The molecule has 0 amide bonds. The van der Waals surface area contributed by atoms with Gasteiger partial charge in [0.05, 0.1) is 6.10 Å². The second-order valence-corrected chi connectivity index (χ2v) is 4.33. The fraction of sp³-hybridized carbons (Fsp3) is 0.333. The zero-order valence-corrected chi connectivity index (χ0v) is 10.9. The van der Waals surface area contributed by atoms with Crippen molar-refractivity contribution in [2.75, 3.05) is 13.2 Å². The molecular formula is C15H19N3O. The van der Waals surface area contributed by atoms with Crippen LogP contribution in [0.2, 0.25) is 0 Å². The van der Waals surface area contributed by atoms with Gasteiger partial charge in [0.25, 0.3) is 0 Å². The molecule has 4 heteroatoms. The summed E-state index contributed by atoms with van der Waals surface area (Å²) in [5, 5.41) is 0. The minimum Gasteiger partial charge on any atom is -0.372 e. The van der Waals surface area contributed by atoms with E-state index in [4.69, 9.17) is 10.5 Å². The van der Waals surface area contributed by atoms with Crippen molar-refractivity contribution in [3.63, 3.8) is 0 Å². The van der Waals surface area contributed by atoms with Crippen molar-refractivity contribution in [2.24, 2.45) is 5.73 Å². The Bertz CT molecular complexity index is 461. The number of hydrogen-bond acceptors (Lipinski definition) is 4. The van der Waals surface area contributed by atoms with Gasteiger partial charge >= 0.3 is 0 Å². The van der Waals surface area contributed by atoms with Crippen LogP contribution in [0.4, 0.5) is 0 Å². The molecule has 19 heavy (non-hydrogen) atoms. The molecule has 0 saturated heterocycles. The highest BCUT2D eigenvalue weighted by molar-refractivity contribution is 5.13. The summed E-state index contributed by atoms with van der Waals surface area (Å²) in [4.78, 5) is 8.00. The maximum absolute atomic E-state index is 5.83. The lowest BCUT2D eigenvalue weighted by molar-refractivity contribution is 0.0570. The van der Waals surface area contributed by atoms with E-state index in [2.05, 4.69) is 9.97 Å². The third-order valence-corrected chi connectivity index (χ3v) is 2.97. The van der Waals surface area contributed by atoms with Crippen LogP contribution >= 0.6 is 0 Å². The van der Waals surface area contributed by atoms with Gasteiger partial charge in [0.15, 0.2) is 0 Å². The first-order valence-electron chi connectivity index (χ1n) is 6.50. The van der Waals surface area contributed by atoms with Crippen LogP contribution in [0.25, 0.3) is 0 Å². The first-order valence-corrected chi connectivity index (χ1v) is 6.50. The Morgan fingerprint density at radius 1 is 1.00 bits per heavy atom. The number of ether oxygens (including phenoxy) is 1. The summed E-state index contributed by atoms with van der Waals surface area (Å²) in [7, 11) is 0. The third-order valence-electron chi connectivity index (χ3n) is 2.97. The highest BCUT2D eigenvalue weighted by Crippen LogP contribution is 2.15. The van der Waals surface area contributed by atoms with Crippen molar-refractivity contribution in [1.82, 2.24) is 9.97 Å². The van der Waals surface area contributed by atoms with Crippen molar-refractivity contribution in [2.45, 2.75) is 18.9 Å². The molecule has 2 rings (SSSR count). The molecule has 0 fully saturated rings. The topological polar surface area (TPSA) is 61.0 Å². The summed E-state index contributed by atoms with van der Waals surface area (Å²) < 4.78 is 5.83. The monoisotopic (exact) mass is 257 g/mol. The summed E-state index contributed by atoms with van der Waals surface area (Å²) >= 11 is 0. The van der Waals surface area contributed by atoms with Crippen molar-refractivity contribution >= 4 is 0 Å². The van der Waals surface area contributed by atoms with E-state index in [9.17, 15) is 0 Å². The molecule has 1 atom stereocenters. The Labute approximate surface area is 113 Å². The van der Waals surface area contributed by atoms with Crippen molar-refractivity contribution in [3.8, 4) is 0 Å². The summed E-state index contributed by atoms with van der Waals surface area (Å²) in [6, 6.07) is 7.95. The average Bonchev–Trinajstić information content (AvgIpc) is 2.49. The van der Waals surface area contributed by atoms with Gasteiger partial charge in [0.1, 0.15) is 0 Å². The Hall–Kier alpha value is -1.78. The lowest BCUT2D eigenvalue weighted by Crippen LogP contribution is -2.16. The Morgan fingerprint density at radius 2 is 1.63 bits per heavy atom. The smallest absolute Gasteiger partial charge is 0.0948 e. The molecule has 100 valence electrons. The molecule has 0 aliphatic carbocycles. The van der Waals surface area contributed by atoms with E-state index in [1.165, 1.54) is 5.56 Å². The molecule has 0 spiro atoms. The molecule has 4 nitrogen and oxygen atoms in total. The lowest BCUT2D eigenvalue weighted by Gasteiger charge is -2.16. The van der Waals surface area contributed by atoms with Gasteiger partial charge in [-0.15, -0.1) is 0 Å². The summed E-state index contributed by atoms with van der Waals surface area (Å²) in [5.74, 6) is 0. The maximum Gasteiger partial charge on any atom is 0.0948 e. The second-order valence-electron chi connectivity index (χ2n) is 4.33. The van der Waals surface area contributed by atoms with E-state index in [1.54, 1.807) is 12.4 Å². The number of nitrogens with two attached hydrogens (primary N) is 1. The van der Waals surface area contributed by atoms with Crippen molar-refractivity contribution in [3.05, 3.63) is 60.2 Å². The van der Waals surface area contributed by atoms with E-state index in [1.807, 2.05) is 36.7 Å². The minimum atomic E-state index is -0.0413. The quantitative estimate of drug-likeness (QED) is 0.772. The van der Waals surface area contributed by atoms with Crippen LogP contribution in [0.5, 0.6) is 0 Å². The van der Waals surface area contributed by atoms with Gasteiger partial charge in [-0.3, -0.25) is 9.97 Å². The minimum absolute atomic E-state index is 0.0413. The zero-order chi connectivity index (χ0) is 13.3. The molecule has 0 aliphatic rings. The molecule has 0 aromatic carbocycles. The summed E-state index contributed by atoms with van der Waals surface area (Å²) in [6.07, 6.45) is 9.09. The molecule has 2 heterocycles. The van der Waals surface area contributed by atoms with Crippen LogP contribution in [0.15, 0.2) is 49.1 Å². The Kier molecular flexibility index (Phi) is 5.47. The van der Waals surface area contributed by atoms with E-state index in [0.29, 0.717) is 13.2 Å². The lowest BCUT2D eigenvalue weighted by atomic mass is 10.1. The molecule has 0 radical (unpaired) electrons. The van der Waals surface area contributed by atoms with Gasteiger partial charge in [0.2, 0.25) is 0 Å². The average molecular weight is 257 g/mol. The largest absolute Gasteiger partial charge is 0.372 e. The van der Waals surface area contributed by atoms with Crippen LogP contribution in [-0.2, 0) is 11.2 Å². The Morgan fingerprint density at radius 3 is 2.26 bits per heavy atom. The number of nitrogens with zero attached hydrogens (tertiary/aromatic N) is 2. The van der Waals surface area contributed by atoms with Crippen LogP contribution < -0.4 is 5.73 Å².